The van der Waals surface area contributed by atoms with Crippen molar-refractivity contribution in [1.29, 1.82) is 0 Å². The number of anilines is 3. The standard InChI is InChI=1S/C49H35N/c1-49(2)44-21-9-7-19-42(44)48-45(49)22-12-24-47(48)50(46-23-10-8-18-41(46)38-20-11-15-32-13-3-5-16-36(32)38)35-28-25-34-27-29-39-37-17-6-4-14-33(37)26-30-40(39)43(34)31-35/h3-31H,1-2H3. The first-order valence-corrected chi connectivity index (χ1v) is 17.5. The van der Waals surface area contributed by atoms with Gasteiger partial charge in [0.2, 0.25) is 0 Å². The summed E-state index contributed by atoms with van der Waals surface area (Å²) in [7, 11) is 0. The third-order valence-corrected chi connectivity index (χ3v) is 11.0. The van der Waals surface area contributed by atoms with E-state index in [9.17, 15) is 0 Å². The predicted molar refractivity (Wildman–Crippen MR) is 214 cm³/mol. The lowest BCUT2D eigenvalue weighted by atomic mass is 9.82. The smallest absolute Gasteiger partial charge is 0.0543 e. The van der Waals surface area contributed by atoms with Crippen LogP contribution >= 0.6 is 0 Å². The number of para-hydroxylation sites is 1. The Morgan fingerprint density at radius 2 is 0.900 bits per heavy atom. The van der Waals surface area contributed by atoms with Gasteiger partial charge in [0.15, 0.2) is 0 Å². The fraction of sp³-hybridized carbons (Fsp3) is 0.0612. The normalized spacial score (nSPS) is 13.2. The first kappa shape index (κ1) is 28.8. The van der Waals surface area contributed by atoms with E-state index in [1.165, 1.54) is 82.2 Å². The highest BCUT2D eigenvalue weighted by Gasteiger charge is 2.38. The molecule has 0 N–H and O–H groups in total. The Hall–Kier alpha value is -6.18. The van der Waals surface area contributed by atoms with Crippen LogP contribution in [0.25, 0.3) is 65.3 Å². The van der Waals surface area contributed by atoms with Crippen molar-refractivity contribution in [3.63, 3.8) is 0 Å². The van der Waals surface area contributed by atoms with Crippen molar-refractivity contribution in [2.75, 3.05) is 4.90 Å². The van der Waals surface area contributed by atoms with Crippen molar-refractivity contribution in [1.82, 2.24) is 0 Å². The molecule has 0 bridgehead atoms. The lowest BCUT2D eigenvalue weighted by Crippen LogP contribution is -2.16. The molecule has 0 aromatic heterocycles. The molecule has 0 spiro atoms. The molecule has 10 rings (SSSR count). The predicted octanol–water partition coefficient (Wildman–Crippen LogP) is 13.7. The molecule has 236 valence electrons. The Balaban J connectivity index is 1.30. The molecular weight excluding hydrogens is 603 g/mol. The van der Waals surface area contributed by atoms with Gasteiger partial charge in [-0.1, -0.05) is 166 Å². The second kappa shape index (κ2) is 10.9. The Labute approximate surface area is 292 Å². The van der Waals surface area contributed by atoms with Crippen LogP contribution in [0.15, 0.2) is 176 Å². The van der Waals surface area contributed by atoms with E-state index in [0.717, 1.165) is 11.4 Å². The Morgan fingerprint density at radius 1 is 0.360 bits per heavy atom. The van der Waals surface area contributed by atoms with Gasteiger partial charge in [0.25, 0.3) is 0 Å². The molecule has 0 fully saturated rings. The van der Waals surface area contributed by atoms with Crippen LogP contribution in [0.1, 0.15) is 25.0 Å². The Kier molecular flexibility index (Phi) is 6.29. The maximum absolute atomic E-state index is 2.52. The molecule has 1 aliphatic rings. The van der Waals surface area contributed by atoms with Gasteiger partial charge < -0.3 is 4.90 Å². The molecule has 0 unspecified atom stereocenters. The van der Waals surface area contributed by atoms with Gasteiger partial charge in [-0.15, -0.1) is 0 Å². The van der Waals surface area contributed by atoms with Gasteiger partial charge in [-0.05, 0) is 89.6 Å². The molecule has 50 heavy (non-hydrogen) atoms. The van der Waals surface area contributed by atoms with Gasteiger partial charge in [-0.2, -0.15) is 0 Å². The largest absolute Gasteiger partial charge is 0.309 e. The Bertz CT molecular complexity index is 2800. The first-order chi connectivity index (χ1) is 24.6. The number of rotatable bonds is 4. The minimum atomic E-state index is -0.108. The number of nitrogens with zero attached hydrogens (tertiary/aromatic N) is 1. The average molecular weight is 638 g/mol. The topological polar surface area (TPSA) is 3.24 Å². The highest BCUT2D eigenvalue weighted by Crippen LogP contribution is 2.55. The summed E-state index contributed by atoms with van der Waals surface area (Å²) < 4.78 is 0. The maximum Gasteiger partial charge on any atom is 0.0543 e. The molecule has 1 nitrogen and oxygen atoms in total. The first-order valence-electron chi connectivity index (χ1n) is 17.5. The molecule has 0 amide bonds. The summed E-state index contributed by atoms with van der Waals surface area (Å²) in [5, 5.41) is 10.1. The number of hydrogen-bond donors (Lipinski definition) is 0. The van der Waals surface area contributed by atoms with Gasteiger partial charge in [0.1, 0.15) is 0 Å². The second-order valence-electron chi connectivity index (χ2n) is 14.1. The highest BCUT2D eigenvalue weighted by molar-refractivity contribution is 6.18. The van der Waals surface area contributed by atoms with E-state index in [1.807, 2.05) is 0 Å². The Morgan fingerprint density at radius 3 is 1.74 bits per heavy atom. The van der Waals surface area contributed by atoms with Crippen LogP contribution in [0.3, 0.4) is 0 Å². The van der Waals surface area contributed by atoms with E-state index in [2.05, 4.69) is 195 Å². The minimum absolute atomic E-state index is 0.108. The van der Waals surface area contributed by atoms with Gasteiger partial charge in [0, 0.05) is 22.2 Å². The van der Waals surface area contributed by atoms with Gasteiger partial charge in [-0.3, -0.25) is 0 Å². The third-order valence-electron chi connectivity index (χ3n) is 11.0. The zero-order valence-electron chi connectivity index (χ0n) is 28.2. The summed E-state index contributed by atoms with van der Waals surface area (Å²) in [5.41, 5.74) is 11.2. The van der Waals surface area contributed by atoms with Crippen molar-refractivity contribution < 1.29 is 0 Å². The molecular formula is C49H35N. The van der Waals surface area contributed by atoms with Gasteiger partial charge in [-0.25, -0.2) is 0 Å². The van der Waals surface area contributed by atoms with Crippen LogP contribution in [-0.4, -0.2) is 0 Å². The molecule has 9 aromatic rings. The summed E-state index contributed by atoms with van der Waals surface area (Å²) in [6, 6.07) is 65.1. The van der Waals surface area contributed by atoms with Crippen LogP contribution in [0.4, 0.5) is 17.1 Å². The van der Waals surface area contributed by atoms with Crippen molar-refractivity contribution >= 4 is 60.2 Å². The summed E-state index contributed by atoms with van der Waals surface area (Å²) in [6.45, 7) is 4.73. The van der Waals surface area contributed by atoms with Crippen LogP contribution in [-0.2, 0) is 5.41 Å². The quantitative estimate of drug-likeness (QED) is 0.174. The van der Waals surface area contributed by atoms with Gasteiger partial charge >= 0.3 is 0 Å². The van der Waals surface area contributed by atoms with E-state index in [-0.39, 0.29) is 5.41 Å². The van der Waals surface area contributed by atoms with E-state index in [4.69, 9.17) is 0 Å². The molecule has 9 aromatic carbocycles. The van der Waals surface area contributed by atoms with Crippen molar-refractivity contribution in [3.05, 3.63) is 187 Å². The summed E-state index contributed by atoms with van der Waals surface area (Å²) in [5.74, 6) is 0. The van der Waals surface area contributed by atoms with Crippen LogP contribution in [0.5, 0.6) is 0 Å². The lowest BCUT2D eigenvalue weighted by Gasteiger charge is -2.31. The van der Waals surface area contributed by atoms with Crippen LogP contribution in [0, 0.1) is 0 Å². The van der Waals surface area contributed by atoms with E-state index < -0.39 is 0 Å². The SMILES string of the molecule is CC1(C)c2ccccc2-c2c(N(c3ccc4ccc5c6ccccc6ccc5c4c3)c3ccccc3-c3cccc4ccccc34)cccc21. The fourth-order valence-corrected chi connectivity index (χ4v) is 8.63. The summed E-state index contributed by atoms with van der Waals surface area (Å²) >= 11 is 0. The molecule has 0 aliphatic heterocycles. The molecule has 0 saturated heterocycles. The summed E-state index contributed by atoms with van der Waals surface area (Å²) in [6.07, 6.45) is 0. The van der Waals surface area contributed by atoms with Gasteiger partial charge in [0.05, 0.1) is 11.4 Å². The molecule has 0 saturated carbocycles. The van der Waals surface area contributed by atoms with Crippen molar-refractivity contribution in [3.8, 4) is 22.3 Å². The van der Waals surface area contributed by atoms with Crippen LogP contribution < -0.4 is 4.90 Å². The maximum atomic E-state index is 2.52. The number of benzene rings is 9. The van der Waals surface area contributed by atoms with Crippen molar-refractivity contribution in [2.45, 2.75) is 19.3 Å². The van der Waals surface area contributed by atoms with Crippen molar-refractivity contribution in [2.24, 2.45) is 0 Å². The molecule has 0 heterocycles. The number of hydrogen-bond acceptors (Lipinski definition) is 1. The monoisotopic (exact) mass is 637 g/mol. The average Bonchev–Trinajstić information content (AvgIpc) is 3.41. The zero-order valence-corrected chi connectivity index (χ0v) is 28.2. The molecule has 1 heteroatoms. The molecule has 1 aliphatic carbocycles. The zero-order chi connectivity index (χ0) is 33.4. The number of fused-ring (bicyclic) bond motifs is 9. The van der Waals surface area contributed by atoms with E-state index in [0.29, 0.717) is 0 Å². The second-order valence-corrected chi connectivity index (χ2v) is 14.1. The summed E-state index contributed by atoms with van der Waals surface area (Å²) in [4.78, 5) is 2.52. The fourth-order valence-electron chi connectivity index (χ4n) is 8.63. The third kappa shape index (κ3) is 4.20. The van der Waals surface area contributed by atoms with Crippen LogP contribution in [0.2, 0.25) is 0 Å². The van der Waals surface area contributed by atoms with E-state index in [1.54, 1.807) is 0 Å². The highest BCUT2D eigenvalue weighted by atomic mass is 15.1. The molecule has 0 atom stereocenters. The lowest BCUT2D eigenvalue weighted by molar-refractivity contribution is 0.660. The molecule has 0 radical (unpaired) electrons. The van der Waals surface area contributed by atoms with E-state index >= 15 is 0 Å². The minimum Gasteiger partial charge on any atom is -0.309 e.